The summed E-state index contributed by atoms with van der Waals surface area (Å²) in [6.07, 6.45) is 2.72. The van der Waals surface area contributed by atoms with Crippen LogP contribution in [-0.2, 0) is 4.79 Å². The molecule has 33 heavy (non-hydrogen) atoms. The minimum atomic E-state index is -0.788. The first kappa shape index (κ1) is 21.6. The molecule has 0 aliphatic carbocycles. The van der Waals surface area contributed by atoms with E-state index in [1.807, 2.05) is 0 Å². The summed E-state index contributed by atoms with van der Waals surface area (Å²) in [6.45, 7) is 1.31. The third-order valence-corrected chi connectivity index (χ3v) is 4.64. The van der Waals surface area contributed by atoms with Crippen molar-refractivity contribution < 1.29 is 18.5 Å². The molecule has 0 radical (unpaired) electrons. The van der Waals surface area contributed by atoms with E-state index in [9.17, 15) is 23.7 Å². The largest absolute Gasteiger partial charge is 0.350 e. The molecule has 0 saturated heterocycles. The van der Waals surface area contributed by atoms with Crippen LogP contribution in [0.1, 0.15) is 6.92 Å². The minimum absolute atomic E-state index is 0.0997. The lowest BCUT2D eigenvalue weighted by Gasteiger charge is -2.14. The molecule has 0 aliphatic rings. The fraction of sp³-hybridized carbons (Fsp3) is 0.0455. The van der Waals surface area contributed by atoms with Crippen LogP contribution in [0.5, 0.6) is 0 Å². The molecule has 11 heteroatoms. The van der Waals surface area contributed by atoms with Gasteiger partial charge in [0.25, 0.3) is 5.69 Å². The second kappa shape index (κ2) is 8.83. The van der Waals surface area contributed by atoms with Crippen LogP contribution in [0.15, 0.2) is 67.3 Å². The molecule has 1 amide bonds. The predicted octanol–water partition coefficient (Wildman–Crippen LogP) is 4.82. The molecule has 0 aliphatic heterocycles. The molecular formula is C22H16F2N6O3. The Kier molecular flexibility index (Phi) is 5.77. The quantitative estimate of drug-likeness (QED) is 0.321. The summed E-state index contributed by atoms with van der Waals surface area (Å²) in [5.41, 5.74) is 1.47. The minimum Gasteiger partial charge on any atom is -0.350 e. The highest BCUT2D eigenvalue weighted by atomic mass is 19.1. The van der Waals surface area contributed by atoms with Gasteiger partial charge in [-0.2, -0.15) is 5.10 Å². The number of hydrogen-bond donors (Lipinski definition) is 2. The first-order valence-electron chi connectivity index (χ1n) is 9.59. The van der Waals surface area contributed by atoms with Crippen molar-refractivity contribution in [2.45, 2.75) is 6.92 Å². The lowest BCUT2D eigenvalue weighted by atomic mass is 10.0. The van der Waals surface area contributed by atoms with Gasteiger partial charge in [0.05, 0.1) is 10.6 Å². The number of carbonyl (C=O) groups excluding carboxylic acids is 1. The Morgan fingerprint density at radius 1 is 1.06 bits per heavy atom. The Hall–Kier alpha value is -4.67. The predicted molar refractivity (Wildman–Crippen MR) is 117 cm³/mol. The van der Waals surface area contributed by atoms with E-state index in [1.165, 1.54) is 54.6 Å². The third-order valence-electron chi connectivity index (χ3n) is 4.64. The first-order chi connectivity index (χ1) is 15.8. The zero-order chi connectivity index (χ0) is 23.5. The number of benzene rings is 3. The number of halogens is 2. The molecule has 0 fully saturated rings. The Balaban J connectivity index is 1.77. The van der Waals surface area contributed by atoms with Gasteiger partial charge in [0, 0.05) is 36.0 Å². The molecule has 9 nitrogen and oxygen atoms in total. The average Bonchev–Trinajstić information content (AvgIpc) is 3.28. The normalized spacial score (nSPS) is 10.6. The number of anilines is 3. The number of aromatic nitrogens is 3. The van der Waals surface area contributed by atoms with Crippen LogP contribution in [0.4, 0.5) is 31.5 Å². The van der Waals surface area contributed by atoms with Crippen molar-refractivity contribution >= 4 is 28.7 Å². The molecule has 0 unspecified atom stereocenters. The van der Waals surface area contributed by atoms with Crippen molar-refractivity contribution in [3.05, 3.63) is 89.0 Å². The Labute approximate surface area is 185 Å². The zero-order valence-corrected chi connectivity index (χ0v) is 17.1. The maximum Gasteiger partial charge on any atom is 0.294 e. The summed E-state index contributed by atoms with van der Waals surface area (Å²) >= 11 is 0. The molecule has 0 saturated carbocycles. The van der Waals surface area contributed by atoms with Gasteiger partial charge in [-0.15, -0.1) is 0 Å². The van der Waals surface area contributed by atoms with E-state index < -0.39 is 16.6 Å². The number of rotatable bonds is 6. The number of amides is 1. The van der Waals surface area contributed by atoms with E-state index in [0.29, 0.717) is 22.6 Å². The monoisotopic (exact) mass is 450 g/mol. The fourth-order valence-corrected chi connectivity index (χ4v) is 3.27. The summed E-state index contributed by atoms with van der Waals surface area (Å²) in [7, 11) is 0. The SMILES string of the molecule is CC(=O)Nc1cc(Nc2ccc(-n3cncn3)cc2[N+](=O)[O-])cc(-c2ccc(F)cc2F)c1. The fourth-order valence-electron chi connectivity index (χ4n) is 3.27. The average molecular weight is 450 g/mol. The smallest absolute Gasteiger partial charge is 0.294 e. The van der Waals surface area contributed by atoms with E-state index in [-0.39, 0.29) is 22.8 Å². The summed E-state index contributed by atoms with van der Waals surface area (Å²) in [5, 5.41) is 21.2. The van der Waals surface area contributed by atoms with Crippen LogP contribution in [0, 0.1) is 21.7 Å². The molecule has 4 rings (SSSR count). The number of nitrogens with one attached hydrogen (secondary N) is 2. The van der Waals surface area contributed by atoms with Gasteiger partial charge >= 0.3 is 0 Å². The van der Waals surface area contributed by atoms with Crippen molar-refractivity contribution in [1.29, 1.82) is 0 Å². The van der Waals surface area contributed by atoms with Crippen molar-refractivity contribution in [1.82, 2.24) is 14.8 Å². The molecule has 1 heterocycles. The summed E-state index contributed by atoms with van der Waals surface area (Å²) in [5.74, 6) is -1.87. The zero-order valence-electron chi connectivity index (χ0n) is 17.1. The first-order valence-corrected chi connectivity index (χ1v) is 9.59. The summed E-state index contributed by atoms with van der Waals surface area (Å²) < 4.78 is 29.1. The molecule has 0 atom stereocenters. The van der Waals surface area contributed by atoms with Crippen LogP contribution in [-0.4, -0.2) is 25.6 Å². The molecule has 166 valence electrons. The van der Waals surface area contributed by atoms with Gasteiger partial charge in [-0.25, -0.2) is 18.4 Å². The number of nitro benzene ring substituents is 1. The van der Waals surface area contributed by atoms with Crippen LogP contribution >= 0.6 is 0 Å². The van der Waals surface area contributed by atoms with E-state index in [4.69, 9.17) is 0 Å². The van der Waals surface area contributed by atoms with Gasteiger partial charge in [-0.1, -0.05) is 0 Å². The Bertz CT molecular complexity index is 1360. The second-order valence-electron chi connectivity index (χ2n) is 7.03. The topological polar surface area (TPSA) is 115 Å². The van der Waals surface area contributed by atoms with Crippen LogP contribution in [0.2, 0.25) is 0 Å². The number of nitrogens with zero attached hydrogens (tertiary/aromatic N) is 4. The highest BCUT2D eigenvalue weighted by Gasteiger charge is 2.17. The van der Waals surface area contributed by atoms with Crippen LogP contribution in [0.25, 0.3) is 16.8 Å². The maximum atomic E-state index is 14.4. The standard InChI is InChI=1S/C22H16F2N6O3/c1-13(31)27-16-6-14(19-4-2-15(23)8-20(19)24)7-17(9-16)28-21-5-3-18(10-22(21)30(32)33)29-12-25-11-26-29/h2-12,28H,1H3,(H,27,31). The van der Waals surface area contributed by atoms with E-state index in [2.05, 4.69) is 20.7 Å². The van der Waals surface area contributed by atoms with E-state index >= 15 is 0 Å². The lowest BCUT2D eigenvalue weighted by molar-refractivity contribution is -0.383. The Morgan fingerprint density at radius 3 is 2.52 bits per heavy atom. The molecule has 3 aromatic carbocycles. The van der Waals surface area contributed by atoms with Crippen LogP contribution in [0.3, 0.4) is 0 Å². The van der Waals surface area contributed by atoms with E-state index in [1.54, 1.807) is 12.1 Å². The maximum absolute atomic E-state index is 14.4. The number of nitro groups is 1. The molecular weight excluding hydrogens is 434 g/mol. The lowest BCUT2D eigenvalue weighted by Crippen LogP contribution is -2.06. The number of hydrogen-bond acceptors (Lipinski definition) is 6. The van der Waals surface area contributed by atoms with Crippen molar-refractivity contribution in [3.8, 4) is 16.8 Å². The molecule has 1 aromatic heterocycles. The molecule has 0 bridgehead atoms. The number of carbonyl (C=O) groups is 1. The molecule has 2 N–H and O–H groups in total. The second-order valence-corrected chi connectivity index (χ2v) is 7.03. The van der Waals surface area contributed by atoms with Gasteiger partial charge < -0.3 is 10.6 Å². The third kappa shape index (κ3) is 4.82. The van der Waals surface area contributed by atoms with Gasteiger partial charge in [-0.05, 0) is 48.0 Å². The van der Waals surface area contributed by atoms with Gasteiger partial charge in [0.15, 0.2) is 0 Å². The van der Waals surface area contributed by atoms with Crippen molar-refractivity contribution in [2.24, 2.45) is 0 Å². The highest BCUT2D eigenvalue weighted by Crippen LogP contribution is 2.34. The van der Waals surface area contributed by atoms with Crippen molar-refractivity contribution in [3.63, 3.8) is 0 Å². The van der Waals surface area contributed by atoms with Crippen LogP contribution < -0.4 is 10.6 Å². The highest BCUT2D eigenvalue weighted by molar-refractivity contribution is 5.91. The summed E-state index contributed by atoms with van der Waals surface area (Å²) in [6, 6.07) is 12.2. The van der Waals surface area contributed by atoms with Gasteiger partial charge in [0.2, 0.25) is 5.91 Å². The summed E-state index contributed by atoms with van der Waals surface area (Å²) in [4.78, 5) is 26.5. The van der Waals surface area contributed by atoms with Gasteiger partial charge in [0.1, 0.15) is 30.0 Å². The van der Waals surface area contributed by atoms with Crippen molar-refractivity contribution in [2.75, 3.05) is 10.6 Å². The molecule has 0 spiro atoms. The van der Waals surface area contributed by atoms with E-state index in [0.717, 1.165) is 12.1 Å². The Morgan fingerprint density at radius 2 is 1.85 bits per heavy atom. The molecule has 4 aromatic rings. The van der Waals surface area contributed by atoms with Gasteiger partial charge in [-0.3, -0.25) is 14.9 Å².